The largest absolute Gasteiger partial charge is 0.312 e. The second kappa shape index (κ2) is 7.54. The maximum atomic E-state index is 12.7. The molecule has 1 aliphatic rings. The Labute approximate surface area is 158 Å². The molecule has 0 atom stereocenters. The van der Waals surface area contributed by atoms with Crippen molar-refractivity contribution in [2.45, 2.75) is 19.3 Å². The minimum atomic E-state index is 0.00897. The van der Waals surface area contributed by atoms with Crippen LogP contribution in [0, 0.1) is 0 Å². The fourth-order valence-corrected chi connectivity index (χ4v) is 3.51. The van der Waals surface area contributed by atoms with E-state index in [1.54, 1.807) is 24.5 Å². The lowest BCUT2D eigenvalue weighted by Crippen LogP contribution is -2.29. The summed E-state index contributed by atoms with van der Waals surface area (Å²) >= 11 is 0. The van der Waals surface area contributed by atoms with Gasteiger partial charge in [-0.2, -0.15) is 0 Å². The van der Waals surface area contributed by atoms with Gasteiger partial charge in [-0.1, -0.05) is 36.4 Å². The molecule has 0 N–H and O–H groups in total. The average Bonchev–Trinajstić information content (AvgIpc) is 3.16. The maximum Gasteiger partial charge on any atom is 0.227 e. The number of aromatic nitrogens is 1. The van der Waals surface area contributed by atoms with E-state index in [1.807, 2.05) is 47.4 Å². The zero-order valence-corrected chi connectivity index (χ0v) is 15.0. The number of carbonyl (C=O) groups excluding carboxylic acids is 2. The first-order valence-corrected chi connectivity index (χ1v) is 9.14. The van der Waals surface area contributed by atoms with E-state index in [9.17, 15) is 9.59 Å². The molecule has 134 valence electrons. The molecule has 0 unspecified atom stereocenters. The standard InChI is InChI=1S/C23H20N2O2/c26-22(18-4-2-1-3-5-18)8-9-23(27)25-15-12-20-16-19(6-7-21(20)25)17-10-13-24-14-11-17/h1-7,10-11,13-14,16H,8-9,12,15H2. The van der Waals surface area contributed by atoms with E-state index in [-0.39, 0.29) is 24.5 Å². The van der Waals surface area contributed by atoms with Crippen molar-refractivity contribution in [3.63, 3.8) is 0 Å². The quantitative estimate of drug-likeness (QED) is 0.641. The molecular formula is C23H20N2O2. The molecule has 2 aromatic carbocycles. The van der Waals surface area contributed by atoms with Crippen molar-refractivity contribution in [3.05, 3.63) is 84.2 Å². The van der Waals surface area contributed by atoms with Crippen molar-refractivity contribution in [1.82, 2.24) is 4.98 Å². The maximum absolute atomic E-state index is 12.7. The van der Waals surface area contributed by atoms with Crippen molar-refractivity contribution in [2.75, 3.05) is 11.4 Å². The topological polar surface area (TPSA) is 50.3 Å². The number of anilines is 1. The molecule has 0 bridgehead atoms. The van der Waals surface area contributed by atoms with Crippen LogP contribution in [0.5, 0.6) is 0 Å². The summed E-state index contributed by atoms with van der Waals surface area (Å²) in [5.41, 5.74) is 5.04. The van der Waals surface area contributed by atoms with E-state index in [0.717, 1.165) is 23.2 Å². The van der Waals surface area contributed by atoms with Crippen LogP contribution in [0.3, 0.4) is 0 Å². The van der Waals surface area contributed by atoms with E-state index in [4.69, 9.17) is 0 Å². The molecule has 4 nitrogen and oxygen atoms in total. The summed E-state index contributed by atoms with van der Waals surface area (Å²) in [4.78, 5) is 30.8. The third-order valence-corrected chi connectivity index (χ3v) is 4.95. The molecule has 0 saturated heterocycles. The van der Waals surface area contributed by atoms with Gasteiger partial charge < -0.3 is 4.90 Å². The number of ketones is 1. The first kappa shape index (κ1) is 17.2. The zero-order chi connectivity index (χ0) is 18.6. The van der Waals surface area contributed by atoms with Gasteiger partial charge in [-0.15, -0.1) is 0 Å². The van der Waals surface area contributed by atoms with E-state index in [1.165, 1.54) is 5.56 Å². The summed E-state index contributed by atoms with van der Waals surface area (Å²) in [6, 6.07) is 19.3. The SMILES string of the molecule is O=C(CCC(=O)N1CCc2cc(-c3ccncc3)ccc21)c1ccccc1. The van der Waals surface area contributed by atoms with Crippen molar-refractivity contribution in [1.29, 1.82) is 0 Å². The molecule has 2 heterocycles. The van der Waals surface area contributed by atoms with Gasteiger partial charge in [-0.3, -0.25) is 14.6 Å². The molecule has 0 spiro atoms. The second-order valence-electron chi connectivity index (χ2n) is 6.66. The Morgan fingerprint density at radius 2 is 1.67 bits per heavy atom. The molecule has 0 saturated carbocycles. The van der Waals surface area contributed by atoms with Crippen LogP contribution in [-0.4, -0.2) is 23.2 Å². The highest BCUT2D eigenvalue weighted by Crippen LogP contribution is 2.32. The van der Waals surface area contributed by atoms with Crippen LogP contribution in [0.15, 0.2) is 73.1 Å². The second-order valence-corrected chi connectivity index (χ2v) is 6.66. The fraction of sp³-hybridized carbons (Fsp3) is 0.174. The molecule has 0 radical (unpaired) electrons. The molecule has 1 amide bonds. The van der Waals surface area contributed by atoms with E-state index in [2.05, 4.69) is 11.1 Å². The van der Waals surface area contributed by atoms with E-state index < -0.39 is 0 Å². The summed E-state index contributed by atoms with van der Waals surface area (Å²) in [5, 5.41) is 0. The number of Topliss-reactive ketones (excluding diaryl/α,β-unsaturated/α-hetero) is 1. The van der Waals surface area contributed by atoms with Gasteiger partial charge in [0.05, 0.1) is 0 Å². The van der Waals surface area contributed by atoms with Gasteiger partial charge in [0.2, 0.25) is 5.91 Å². The van der Waals surface area contributed by atoms with Gasteiger partial charge in [0, 0.05) is 43.0 Å². The Bertz CT molecular complexity index is 968. The minimum Gasteiger partial charge on any atom is -0.312 e. The Balaban J connectivity index is 1.44. The molecular weight excluding hydrogens is 336 g/mol. The predicted molar refractivity (Wildman–Crippen MR) is 106 cm³/mol. The van der Waals surface area contributed by atoms with Crippen LogP contribution >= 0.6 is 0 Å². The molecule has 3 aromatic rings. The highest BCUT2D eigenvalue weighted by atomic mass is 16.2. The number of hydrogen-bond donors (Lipinski definition) is 0. The number of rotatable bonds is 5. The minimum absolute atomic E-state index is 0.00897. The van der Waals surface area contributed by atoms with Gasteiger partial charge >= 0.3 is 0 Å². The molecule has 0 fully saturated rings. The Kier molecular flexibility index (Phi) is 4.79. The smallest absolute Gasteiger partial charge is 0.227 e. The van der Waals surface area contributed by atoms with Crippen LogP contribution in [0.1, 0.15) is 28.8 Å². The molecule has 1 aliphatic heterocycles. The number of hydrogen-bond acceptors (Lipinski definition) is 3. The summed E-state index contributed by atoms with van der Waals surface area (Å²) < 4.78 is 0. The Morgan fingerprint density at radius 1 is 0.889 bits per heavy atom. The third kappa shape index (κ3) is 3.65. The summed E-state index contributed by atoms with van der Waals surface area (Å²) in [6.45, 7) is 0.674. The number of fused-ring (bicyclic) bond motifs is 1. The Hall–Kier alpha value is -3.27. The summed E-state index contributed by atoms with van der Waals surface area (Å²) in [5.74, 6) is 0.0195. The fourth-order valence-electron chi connectivity index (χ4n) is 3.51. The van der Waals surface area contributed by atoms with Crippen LogP contribution < -0.4 is 4.90 Å². The van der Waals surface area contributed by atoms with Crippen LogP contribution in [0.4, 0.5) is 5.69 Å². The molecule has 0 aliphatic carbocycles. The van der Waals surface area contributed by atoms with Crippen molar-refractivity contribution in [3.8, 4) is 11.1 Å². The van der Waals surface area contributed by atoms with Gasteiger partial charge in [0.1, 0.15) is 0 Å². The predicted octanol–water partition coefficient (Wildman–Crippen LogP) is 4.30. The average molecular weight is 356 g/mol. The van der Waals surface area contributed by atoms with Crippen LogP contribution in [0.25, 0.3) is 11.1 Å². The zero-order valence-electron chi connectivity index (χ0n) is 15.0. The lowest BCUT2D eigenvalue weighted by atomic mass is 10.0. The lowest BCUT2D eigenvalue weighted by Gasteiger charge is -2.17. The highest BCUT2D eigenvalue weighted by molar-refractivity contribution is 6.01. The monoisotopic (exact) mass is 356 g/mol. The van der Waals surface area contributed by atoms with Gasteiger partial charge in [0.25, 0.3) is 0 Å². The molecule has 27 heavy (non-hydrogen) atoms. The molecule has 1 aromatic heterocycles. The highest BCUT2D eigenvalue weighted by Gasteiger charge is 2.25. The number of pyridine rings is 1. The van der Waals surface area contributed by atoms with Gasteiger partial charge in [0.15, 0.2) is 5.78 Å². The summed E-state index contributed by atoms with van der Waals surface area (Å²) in [7, 11) is 0. The lowest BCUT2D eigenvalue weighted by molar-refractivity contribution is -0.118. The van der Waals surface area contributed by atoms with Crippen molar-refractivity contribution >= 4 is 17.4 Å². The number of benzene rings is 2. The Morgan fingerprint density at radius 3 is 2.44 bits per heavy atom. The summed E-state index contributed by atoms with van der Waals surface area (Å²) in [6.07, 6.45) is 4.87. The van der Waals surface area contributed by atoms with Crippen LogP contribution in [-0.2, 0) is 11.2 Å². The van der Waals surface area contributed by atoms with E-state index in [0.29, 0.717) is 12.1 Å². The first-order valence-electron chi connectivity index (χ1n) is 9.14. The number of nitrogens with zero attached hydrogens (tertiary/aromatic N) is 2. The van der Waals surface area contributed by atoms with Crippen LogP contribution in [0.2, 0.25) is 0 Å². The normalized spacial score (nSPS) is 12.7. The van der Waals surface area contributed by atoms with Crippen molar-refractivity contribution in [2.24, 2.45) is 0 Å². The van der Waals surface area contributed by atoms with Gasteiger partial charge in [-0.25, -0.2) is 0 Å². The number of carbonyl (C=O) groups is 2. The number of amides is 1. The molecule has 4 rings (SSSR count). The van der Waals surface area contributed by atoms with E-state index >= 15 is 0 Å². The first-order chi connectivity index (χ1) is 13.2. The van der Waals surface area contributed by atoms with Crippen molar-refractivity contribution < 1.29 is 9.59 Å². The third-order valence-electron chi connectivity index (χ3n) is 4.95. The van der Waals surface area contributed by atoms with Gasteiger partial charge in [-0.05, 0) is 47.4 Å². The molecule has 4 heteroatoms.